The van der Waals surface area contributed by atoms with Crippen molar-refractivity contribution in [3.63, 3.8) is 0 Å². The van der Waals surface area contributed by atoms with E-state index < -0.39 is 11.6 Å². The minimum absolute atomic E-state index is 0.0593. The molecule has 6 heteroatoms. The molecule has 4 nitrogen and oxygen atoms in total. The summed E-state index contributed by atoms with van der Waals surface area (Å²) >= 11 is 0. The van der Waals surface area contributed by atoms with Crippen LogP contribution in [0.2, 0.25) is 0 Å². The molecular weight excluding hydrogens is 252 g/mol. The van der Waals surface area contributed by atoms with Gasteiger partial charge in [0.1, 0.15) is 5.69 Å². The zero-order chi connectivity index (χ0) is 14.0. The second-order valence-electron chi connectivity index (χ2n) is 4.49. The zero-order valence-corrected chi connectivity index (χ0v) is 10.5. The molecule has 0 N–H and O–H groups in total. The molecule has 1 fully saturated rings. The van der Waals surface area contributed by atoms with Crippen LogP contribution in [0.4, 0.5) is 14.5 Å². The summed E-state index contributed by atoms with van der Waals surface area (Å²) in [6.45, 7) is 0.904. The van der Waals surface area contributed by atoms with Crippen LogP contribution >= 0.6 is 0 Å². The van der Waals surface area contributed by atoms with Crippen molar-refractivity contribution in [3.05, 3.63) is 29.3 Å². The third-order valence-electron chi connectivity index (χ3n) is 3.14. The average molecular weight is 265 g/mol. The first-order chi connectivity index (χ1) is 9.02. The van der Waals surface area contributed by atoms with Gasteiger partial charge < -0.3 is 9.80 Å². The summed E-state index contributed by atoms with van der Waals surface area (Å²) in [5.41, 5.74) is -0.306. The molecule has 19 heavy (non-hydrogen) atoms. The Balaban J connectivity index is 2.36. The molecule has 1 amide bonds. The molecule has 1 aliphatic heterocycles. The summed E-state index contributed by atoms with van der Waals surface area (Å²) < 4.78 is 27.8. The van der Waals surface area contributed by atoms with Gasteiger partial charge in [0.2, 0.25) is 5.91 Å². The standard InChI is InChI=1S/C13H13F2N3O/c1-17-3-2-4-18(8-12(17)19)13-10(14)5-9(7-16)6-11(13)15/h5-6H,2-4,8H2,1H3. The fourth-order valence-electron chi connectivity index (χ4n) is 2.11. The van der Waals surface area contributed by atoms with Crippen LogP contribution in [-0.4, -0.2) is 37.5 Å². The lowest BCUT2D eigenvalue weighted by Crippen LogP contribution is -2.35. The smallest absolute Gasteiger partial charge is 0.241 e. The molecule has 0 aromatic heterocycles. The van der Waals surface area contributed by atoms with Crippen molar-refractivity contribution in [2.75, 3.05) is 31.6 Å². The molecule has 2 rings (SSSR count). The Kier molecular flexibility index (Phi) is 3.65. The van der Waals surface area contributed by atoms with Crippen molar-refractivity contribution in [2.24, 2.45) is 0 Å². The first-order valence-electron chi connectivity index (χ1n) is 5.91. The molecule has 1 aromatic carbocycles. The maximum atomic E-state index is 13.9. The average Bonchev–Trinajstić information content (AvgIpc) is 2.51. The van der Waals surface area contributed by atoms with Gasteiger partial charge in [-0.3, -0.25) is 4.79 Å². The largest absolute Gasteiger partial charge is 0.357 e. The van der Waals surface area contributed by atoms with Crippen molar-refractivity contribution in [1.82, 2.24) is 4.90 Å². The van der Waals surface area contributed by atoms with Gasteiger partial charge >= 0.3 is 0 Å². The fraction of sp³-hybridized carbons (Fsp3) is 0.385. The number of amides is 1. The number of rotatable bonds is 1. The lowest BCUT2D eigenvalue weighted by Gasteiger charge is -2.23. The minimum atomic E-state index is -0.811. The van der Waals surface area contributed by atoms with E-state index in [1.54, 1.807) is 18.0 Å². The van der Waals surface area contributed by atoms with Gasteiger partial charge in [-0.05, 0) is 18.6 Å². The molecule has 1 heterocycles. The SMILES string of the molecule is CN1CCCN(c2c(F)cc(C#N)cc2F)CC1=O. The predicted molar refractivity (Wildman–Crippen MR) is 65.5 cm³/mol. The van der Waals surface area contributed by atoms with E-state index in [1.807, 2.05) is 0 Å². The van der Waals surface area contributed by atoms with Crippen LogP contribution in [0.3, 0.4) is 0 Å². The van der Waals surface area contributed by atoms with E-state index in [9.17, 15) is 13.6 Å². The summed E-state index contributed by atoms with van der Waals surface area (Å²) in [7, 11) is 1.66. The number of nitrogens with zero attached hydrogens (tertiary/aromatic N) is 3. The van der Waals surface area contributed by atoms with Gasteiger partial charge in [-0.2, -0.15) is 5.26 Å². The molecule has 1 saturated heterocycles. The van der Waals surface area contributed by atoms with Gasteiger partial charge in [0.25, 0.3) is 0 Å². The Morgan fingerprint density at radius 2 is 1.89 bits per heavy atom. The second-order valence-corrected chi connectivity index (χ2v) is 4.49. The van der Waals surface area contributed by atoms with Crippen LogP contribution in [0, 0.1) is 23.0 Å². The highest BCUT2D eigenvalue weighted by Gasteiger charge is 2.24. The Morgan fingerprint density at radius 1 is 1.26 bits per heavy atom. The number of hydrogen-bond acceptors (Lipinski definition) is 3. The number of nitriles is 1. The molecule has 0 bridgehead atoms. The summed E-state index contributed by atoms with van der Waals surface area (Å²) in [5.74, 6) is -1.80. The van der Waals surface area contributed by atoms with Crippen molar-refractivity contribution in [1.29, 1.82) is 5.26 Å². The van der Waals surface area contributed by atoms with Crippen LogP contribution in [0.15, 0.2) is 12.1 Å². The summed E-state index contributed by atoms with van der Waals surface area (Å²) in [5, 5.41) is 8.65. The van der Waals surface area contributed by atoms with Crippen LogP contribution in [-0.2, 0) is 4.79 Å². The molecule has 0 saturated carbocycles. The first-order valence-corrected chi connectivity index (χ1v) is 5.91. The van der Waals surface area contributed by atoms with E-state index in [0.29, 0.717) is 19.5 Å². The number of anilines is 1. The predicted octanol–water partition coefficient (Wildman–Crippen LogP) is 1.50. The number of carbonyl (C=O) groups excluding carboxylic acids is 1. The molecule has 0 unspecified atom stereocenters. The number of hydrogen-bond donors (Lipinski definition) is 0. The lowest BCUT2D eigenvalue weighted by molar-refractivity contribution is -0.127. The summed E-state index contributed by atoms with van der Waals surface area (Å²) in [4.78, 5) is 14.7. The molecule has 0 aliphatic carbocycles. The highest BCUT2D eigenvalue weighted by Crippen LogP contribution is 2.26. The molecule has 1 aliphatic rings. The molecule has 100 valence electrons. The van der Waals surface area contributed by atoms with Crippen molar-refractivity contribution < 1.29 is 13.6 Å². The molecular formula is C13H13F2N3O. The quantitative estimate of drug-likeness (QED) is 0.773. The van der Waals surface area contributed by atoms with Crippen LogP contribution in [0.25, 0.3) is 0 Å². The number of carbonyl (C=O) groups is 1. The van der Waals surface area contributed by atoms with Crippen LogP contribution in [0.1, 0.15) is 12.0 Å². The molecule has 0 atom stereocenters. The van der Waals surface area contributed by atoms with E-state index >= 15 is 0 Å². The number of halogens is 2. The normalized spacial score (nSPS) is 16.2. The fourth-order valence-corrected chi connectivity index (χ4v) is 2.11. The maximum absolute atomic E-state index is 13.9. The van der Waals surface area contributed by atoms with Crippen molar-refractivity contribution >= 4 is 11.6 Å². The van der Waals surface area contributed by atoms with Gasteiger partial charge in [-0.15, -0.1) is 0 Å². The zero-order valence-electron chi connectivity index (χ0n) is 10.5. The highest BCUT2D eigenvalue weighted by atomic mass is 19.1. The summed E-state index contributed by atoms with van der Waals surface area (Å²) in [6, 6.07) is 3.66. The Hall–Kier alpha value is -2.16. The van der Waals surface area contributed by atoms with Gasteiger partial charge in [-0.1, -0.05) is 0 Å². The Labute approximate surface area is 109 Å². The topological polar surface area (TPSA) is 47.3 Å². The third-order valence-corrected chi connectivity index (χ3v) is 3.14. The minimum Gasteiger partial charge on any atom is -0.357 e. The molecule has 0 radical (unpaired) electrons. The Bertz CT molecular complexity index is 530. The van der Waals surface area contributed by atoms with Crippen molar-refractivity contribution in [2.45, 2.75) is 6.42 Å². The highest BCUT2D eigenvalue weighted by molar-refractivity contribution is 5.81. The number of likely N-dealkylation sites (N-methyl/N-ethyl adjacent to an activating group) is 1. The third kappa shape index (κ3) is 2.65. The van der Waals surface area contributed by atoms with Crippen LogP contribution in [0.5, 0.6) is 0 Å². The van der Waals surface area contributed by atoms with E-state index in [4.69, 9.17) is 5.26 Å². The molecule has 0 spiro atoms. The second kappa shape index (κ2) is 5.22. The molecule has 1 aromatic rings. The van der Waals surface area contributed by atoms with Gasteiger partial charge in [0.15, 0.2) is 11.6 Å². The van der Waals surface area contributed by atoms with E-state index in [0.717, 1.165) is 12.1 Å². The van der Waals surface area contributed by atoms with E-state index in [2.05, 4.69) is 0 Å². The van der Waals surface area contributed by atoms with Gasteiger partial charge in [-0.25, -0.2) is 8.78 Å². The van der Waals surface area contributed by atoms with Crippen molar-refractivity contribution in [3.8, 4) is 6.07 Å². The van der Waals surface area contributed by atoms with Gasteiger partial charge in [0, 0.05) is 20.1 Å². The monoisotopic (exact) mass is 265 g/mol. The first kappa shape index (κ1) is 13.3. The lowest BCUT2D eigenvalue weighted by atomic mass is 10.2. The van der Waals surface area contributed by atoms with E-state index in [-0.39, 0.29) is 23.7 Å². The van der Waals surface area contributed by atoms with E-state index in [1.165, 1.54) is 4.90 Å². The maximum Gasteiger partial charge on any atom is 0.241 e. The van der Waals surface area contributed by atoms with Gasteiger partial charge in [0.05, 0.1) is 18.2 Å². The Morgan fingerprint density at radius 3 is 2.47 bits per heavy atom. The number of benzene rings is 1. The summed E-state index contributed by atoms with van der Waals surface area (Å²) in [6.07, 6.45) is 0.640. The van der Waals surface area contributed by atoms with Crippen LogP contribution < -0.4 is 4.90 Å².